The molecule has 0 aromatic heterocycles. The number of carbonyl (C=O) groups excluding carboxylic acids is 1. The number of terminal acetylenes is 1. The first-order valence-corrected chi connectivity index (χ1v) is 7.50. The molecular formula is C17H23N3O2. The molecule has 1 aromatic rings. The minimum atomic E-state index is -0.0772. The third-order valence-corrected chi connectivity index (χ3v) is 4.07. The summed E-state index contributed by atoms with van der Waals surface area (Å²) in [6, 6.07) is 8.35. The fraction of sp³-hybridized carbons (Fsp3) is 0.471. The van der Waals surface area contributed by atoms with Crippen molar-refractivity contribution in [1.82, 2.24) is 15.1 Å². The van der Waals surface area contributed by atoms with Gasteiger partial charge < -0.3 is 15.0 Å². The predicted octanol–water partition coefficient (Wildman–Crippen LogP) is 1.72. The van der Waals surface area contributed by atoms with E-state index in [1.165, 1.54) is 5.56 Å². The van der Waals surface area contributed by atoms with Gasteiger partial charge in [-0.1, -0.05) is 18.1 Å². The molecule has 1 saturated heterocycles. The molecule has 0 spiro atoms. The number of hydrogen-bond donors (Lipinski definition) is 1. The van der Waals surface area contributed by atoms with E-state index in [1.807, 2.05) is 17.0 Å². The first-order valence-electron chi connectivity index (χ1n) is 7.50. The fourth-order valence-electron chi connectivity index (χ4n) is 2.66. The third-order valence-electron chi connectivity index (χ3n) is 4.07. The quantitative estimate of drug-likeness (QED) is 0.861. The van der Waals surface area contributed by atoms with E-state index in [-0.39, 0.29) is 12.6 Å². The number of methoxy groups -OCH3 is 1. The van der Waals surface area contributed by atoms with Crippen molar-refractivity contribution < 1.29 is 9.53 Å². The second kappa shape index (κ2) is 7.71. The van der Waals surface area contributed by atoms with Gasteiger partial charge in [0.1, 0.15) is 5.75 Å². The van der Waals surface area contributed by atoms with E-state index in [0.717, 1.165) is 18.8 Å². The molecule has 2 rings (SSSR count). The Morgan fingerprint density at radius 3 is 2.77 bits per heavy atom. The molecule has 1 heterocycles. The molecule has 5 nitrogen and oxygen atoms in total. The number of nitrogens with zero attached hydrogens (tertiary/aromatic N) is 2. The Kier molecular flexibility index (Phi) is 5.68. The molecule has 1 atom stereocenters. The molecule has 1 N–H and O–H groups in total. The molecule has 0 radical (unpaired) electrons. The first-order chi connectivity index (χ1) is 10.7. The van der Waals surface area contributed by atoms with Crippen LogP contribution in [0.1, 0.15) is 18.5 Å². The maximum absolute atomic E-state index is 11.9. The standard InChI is InChI=1S/C17H23N3O2/c1-4-8-18-17(21)20-11-9-19(10-12-20)14(2)15-6-5-7-16(13-15)22-3/h1,5-7,13-14H,8-12H2,2-3H3,(H,18,21). The van der Waals surface area contributed by atoms with Crippen molar-refractivity contribution in [2.24, 2.45) is 0 Å². The van der Waals surface area contributed by atoms with E-state index in [1.54, 1.807) is 7.11 Å². The molecule has 1 fully saturated rings. The van der Waals surface area contributed by atoms with Crippen LogP contribution < -0.4 is 10.1 Å². The van der Waals surface area contributed by atoms with Gasteiger partial charge in [-0.05, 0) is 24.6 Å². The third kappa shape index (κ3) is 3.92. The van der Waals surface area contributed by atoms with Crippen LogP contribution in [0.4, 0.5) is 4.79 Å². The Hall–Kier alpha value is -2.19. The number of hydrogen-bond acceptors (Lipinski definition) is 3. The molecule has 118 valence electrons. The van der Waals surface area contributed by atoms with Crippen LogP contribution in [0.25, 0.3) is 0 Å². The van der Waals surface area contributed by atoms with E-state index in [2.05, 4.69) is 35.2 Å². The van der Waals surface area contributed by atoms with Gasteiger partial charge in [-0.15, -0.1) is 6.42 Å². The molecule has 1 aliphatic rings. The maximum atomic E-state index is 11.9. The van der Waals surface area contributed by atoms with Crippen molar-refractivity contribution in [2.45, 2.75) is 13.0 Å². The van der Waals surface area contributed by atoms with Crippen LogP contribution in [0.5, 0.6) is 5.75 Å². The van der Waals surface area contributed by atoms with Crippen molar-refractivity contribution in [2.75, 3.05) is 39.8 Å². The lowest BCUT2D eigenvalue weighted by atomic mass is 10.1. The SMILES string of the molecule is C#CCNC(=O)N1CCN(C(C)c2cccc(OC)c2)CC1. The zero-order chi connectivity index (χ0) is 15.9. The normalized spacial score (nSPS) is 16.7. The molecular weight excluding hydrogens is 278 g/mol. The number of urea groups is 1. The Morgan fingerprint density at radius 1 is 1.41 bits per heavy atom. The summed E-state index contributed by atoms with van der Waals surface area (Å²) in [4.78, 5) is 16.1. The van der Waals surface area contributed by atoms with Gasteiger partial charge >= 0.3 is 6.03 Å². The topological polar surface area (TPSA) is 44.8 Å². The average molecular weight is 301 g/mol. The number of carbonyl (C=O) groups is 1. The second-order valence-electron chi connectivity index (χ2n) is 5.34. The largest absolute Gasteiger partial charge is 0.497 e. The Bertz CT molecular complexity index is 545. The molecule has 22 heavy (non-hydrogen) atoms. The molecule has 0 saturated carbocycles. The predicted molar refractivity (Wildman–Crippen MR) is 86.8 cm³/mol. The van der Waals surface area contributed by atoms with Gasteiger partial charge in [-0.25, -0.2) is 4.79 Å². The minimum absolute atomic E-state index is 0.0772. The van der Waals surface area contributed by atoms with Crippen LogP contribution in [0.3, 0.4) is 0 Å². The van der Waals surface area contributed by atoms with Crippen LogP contribution >= 0.6 is 0 Å². The van der Waals surface area contributed by atoms with E-state index in [0.29, 0.717) is 19.1 Å². The molecule has 1 aliphatic heterocycles. The number of amides is 2. The van der Waals surface area contributed by atoms with E-state index >= 15 is 0 Å². The van der Waals surface area contributed by atoms with Crippen LogP contribution in [-0.2, 0) is 0 Å². The number of ether oxygens (including phenoxy) is 1. The zero-order valence-electron chi connectivity index (χ0n) is 13.2. The Morgan fingerprint density at radius 2 is 2.14 bits per heavy atom. The summed E-state index contributed by atoms with van der Waals surface area (Å²) < 4.78 is 5.28. The summed E-state index contributed by atoms with van der Waals surface area (Å²) in [7, 11) is 1.68. The lowest BCUT2D eigenvalue weighted by molar-refractivity contribution is 0.114. The summed E-state index contributed by atoms with van der Waals surface area (Å²) in [5, 5.41) is 2.71. The number of benzene rings is 1. The molecule has 1 unspecified atom stereocenters. The van der Waals surface area contributed by atoms with E-state index in [4.69, 9.17) is 11.2 Å². The van der Waals surface area contributed by atoms with Crippen LogP contribution in [-0.4, -0.2) is 55.7 Å². The maximum Gasteiger partial charge on any atom is 0.318 e. The lowest BCUT2D eigenvalue weighted by Crippen LogP contribution is -2.52. The average Bonchev–Trinajstić information content (AvgIpc) is 2.59. The Labute approximate surface area is 132 Å². The van der Waals surface area contributed by atoms with Crippen molar-refractivity contribution in [3.63, 3.8) is 0 Å². The van der Waals surface area contributed by atoms with Gasteiger partial charge in [0.15, 0.2) is 0 Å². The van der Waals surface area contributed by atoms with Crippen LogP contribution in [0.2, 0.25) is 0 Å². The number of nitrogens with one attached hydrogen (secondary N) is 1. The zero-order valence-corrected chi connectivity index (χ0v) is 13.2. The summed E-state index contributed by atoms with van der Waals surface area (Å²) in [6.07, 6.45) is 5.15. The van der Waals surface area contributed by atoms with Gasteiger partial charge in [-0.3, -0.25) is 4.90 Å². The molecule has 2 amide bonds. The van der Waals surface area contributed by atoms with Crippen molar-refractivity contribution in [3.8, 4) is 18.1 Å². The van der Waals surface area contributed by atoms with Crippen molar-refractivity contribution in [3.05, 3.63) is 29.8 Å². The minimum Gasteiger partial charge on any atom is -0.497 e. The smallest absolute Gasteiger partial charge is 0.318 e. The highest BCUT2D eigenvalue weighted by Gasteiger charge is 2.24. The molecule has 5 heteroatoms. The first kappa shape index (κ1) is 16.2. The highest BCUT2D eigenvalue weighted by atomic mass is 16.5. The molecule has 1 aromatic carbocycles. The van der Waals surface area contributed by atoms with Gasteiger partial charge in [0, 0.05) is 32.2 Å². The Balaban J connectivity index is 1.90. The monoisotopic (exact) mass is 301 g/mol. The van der Waals surface area contributed by atoms with Gasteiger partial charge in [0.2, 0.25) is 0 Å². The fourth-order valence-corrected chi connectivity index (χ4v) is 2.66. The van der Waals surface area contributed by atoms with Crippen LogP contribution in [0, 0.1) is 12.3 Å². The summed E-state index contributed by atoms with van der Waals surface area (Å²) in [5.74, 6) is 3.29. The van der Waals surface area contributed by atoms with Crippen LogP contribution in [0.15, 0.2) is 24.3 Å². The van der Waals surface area contributed by atoms with Gasteiger partial charge in [-0.2, -0.15) is 0 Å². The second-order valence-corrected chi connectivity index (χ2v) is 5.34. The summed E-state index contributed by atoms with van der Waals surface area (Å²) in [5.41, 5.74) is 1.23. The van der Waals surface area contributed by atoms with Crippen molar-refractivity contribution in [1.29, 1.82) is 0 Å². The molecule has 0 bridgehead atoms. The summed E-state index contributed by atoms with van der Waals surface area (Å²) in [6.45, 7) is 5.58. The highest BCUT2D eigenvalue weighted by Crippen LogP contribution is 2.24. The lowest BCUT2D eigenvalue weighted by Gasteiger charge is -2.38. The molecule has 0 aliphatic carbocycles. The number of rotatable bonds is 4. The van der Waals surface area contributed by atoms with Gasteiger partial charge in [0.25, 0.3) is 0 Å². The number of piperazine rings is 1. The van der Waals surface area contributed by atoms with Crippen molar-refractivity contribution >= 4 is 6.03 Å². The van der Waals surface area contributed by atoms with E-state index < -0.39 is 0 Å². The highest BCUT2D eigenvalue weighted by molar-refractivity contribution is 5.74. The van der Waals surface area contributed by atoms with Gasteiger partial charge in [0.05, 0.1) is 13.7 Å². The van der Waals surface area contributed by atoms with E-state index in [9.17, 15) is 4.79 Å². The summed E-state index contributed by atoms with van der Waals surface area (Å²) >= 11 is 0.